The number of anilines is 2. The number of nitrogens with one attached hydrogen (secondary N) is 1. The molecule has 1 unspecified atom stereocenters. The zero-order chi connectivity index (χ0) is 24.1. The van der Waals surface area contributed by atoms with E-state index in [1.807, 2.05) is 20.2 Å². The van der Waals surface area contributed by atoms with Crippen LogP contribution in [-0.2, 0) is 15.8 Å². The van der Waals surface area contributed by atoms with Crippen LogP contribution in [0.3, 0.4) is 0 Å². The Morgan fingerprint density at radius 2 is 1.65 bits per heavy atom. The van der Waals surface area contributed by atoms with Crippen LogP contribution in [0.25, 0.3) is 0 Å². The highest BCUT2D eigenvalue weighted by Crippen LogP contribution is 2.48. The molecule has 1 saturated heterocycles. The Balaban J connectivity index is 1.38. The minimum atomic E-state index is -1.16. The van der Waals surface area contributed by atoms with Gasteiger partial charge in [-0.25, -0.2) is 8.51 Å². The zero-order valence-corrected chi connectivity index (χ0v) is 22.0. The fourth-order valence-electron chi connectivity index (χ4n) is 4.45. The highest BCUT2D eigenvalue weighted by atomic mass is 32.2. The Hall–Kier alpha value is -1.91. The largest absolute Gasteiger partial charge is 0.355 e. The fourth-order valence-corrected chi connectivity index (χ4v) is 6.34. The second-order valence-corrected chi connectivity index (χ2v) is 11.7. The first-order valence-corrected chi connectivity index (χ1v) is 13.8. The SMILES string of the molecule is CC(=O)NCCN1CCN(CCCN2c3ccccc3Sc3ccc(S(=O)N(C)C)cc32)CC1. The van der Waals surface area contributed by atoms with Crippen molar-refractivity contribution in [2.24, 2.45) is 0 Å². The fraction of sp³-hybridized carbons (Fsp3) is 0.480. The lowest BCUT2D eigenvalue weighted by atomic mass is 10.2. The molecule has 0 spiro atoms. The summed E-state index contributed by atoms with van der Waals surface area (Å²) in [6.07, 6.45) is 1.06. The van der Waals surface area contributed by atoms with Crippen molar-refractivity contribution in [3.05, 3.63) is 42.5 Å². The Morgan fingerprint density at radius 1 is 0.971 bits per heavy atom. The summed E-state index contributed by atoms with van der Waals surface area (Å²) >= 11 is 1.79. The van der Waals surface area contributed by atoms with Crippen LogP contribution in [0, 0.1) is 0 Å². The number of carbonyl (C=O) groups is 1. The molecule has 0 aromatic heterocycles. The third-order valence-electron chi connectivity index (χ3n) is 6.25. The van der Waals surface area contributed by atoms with Gasteiger partial charge in [-0.2, -0.15) is 0 Å². The van der Waals surface area contributed by atoms with E-state index in [0.717, 1.165) is 69.4 Å². The van der Waals surface area contributed by atoms with Crippen molar-refractivity contribution in [2.75, 3.05) is 71.4 Å². The average Bonchev–Trinajstić information content (AvgIpc) is 2.83. The molecule has 2 heterocycles. The van der Waals surface area contributed by atoms with E-state index in [4.69, 9.17) is 0 Å². The van der Waals surface area contributed by atoms with E-state index in [0.29, 0.717) is 0 Å². The molecule has 0 bridgehead atoms. The van der Waals surface area contributed by atoms with Crippen molar-refractivity contribution in [3.63, 3.8) is 0 Å². The van der Waals surface area contributed by atoms with E-state index in [1.165, 1.54) is 15.5 Å². The number of hydrogen-bond acceptors (Lipinski definition) is 6. The number of hydrogen-bond donors (Lipinski definition) is 1. The van der Waals surface area contributed by atoms with Crippen LogP contribution in [0.2, 0.25) is 0 Å². The van der Waals surface area contributed by atoms with Crippen LogP contribution in [0.15, 0.2) is 57.2 Å². The molecule has 7 nitrogen and oxygen atoms in total. The number of rotatable bonds is 9. The Kier molecular flexibility index (Phi) is 8.65. The van der Waals surface area contributed by atoms with Gasteiger partial charge in [-0.1, -0.05) is 23.9 Å². The van der Waals surface area contributed by atoms with E-state index >= 15 is 0 Å². The first-order chi connectivity index (χ1) is 16.4. The third-order valence-corrected chi connectivity index (χ3v) is 8.70. The number of benzene rings is 2. The monoisotopic (exact) mass is 501 g/mol. The third kappa shape index (κ3) is 6.20. The molecule has 1 amide bonds. The van der Waals surface area contributed by atoms with Crippen molar-refractivity contribution in [1.29, 1.82) is 0 Å². The first kappa shape index (κ1) is 25.2. The molecule has 4 rings (SSSR count). The van der Waals surface area contributed by atoms with Gasteiger partial charge in [0.1, 0.15) is 11.0 Å². The molecule has 1 atom stereocenters. The summed E-state index contributed by atoms with van der Waals surface area (Å²) < 4.78 is 14.5. The number of nitrogens with zero attached hydrogens (tertiary/aromatic N) is 4. The Bertz CT molecular complexity index is 1020. The van der Waals surface area contributed by atoms with Crippen molar-refractivity contribution in [3.8, 4) is 0 Å². The molecule has 0 radical (unpaired) electrons. The van der Waals surface area contributed by atoms with Crippen LogP contribution < -0.4 is 10.2 Å². The van der Waals surface area contributed by atoms with Gasteiger partial charge in [-0.15, -0.1) is 0 Å². The molecule has 2 aromatic rings. The maximum absolute atomic E-state index is 12.7. The highest BCUT2D eigenvalue weighted by Gasteiger charge is 2.25. The molecule has 2 aromatic carbocycles. The molecule has 0 aliphatic carbocycles. The average molecular weight is 502 g/mol. The summed E-state index contributed by atoms with van der Waals surface area (Å²) in [5.74, 6) is 0.0398. The lowest BCUT2D eigenvalue weighted by Crippen LogP contribution is -2.48. The smallest absolute Gasteiger partial charge is 0.216 e. The van der Waals surface area contributed by atoms with Gasteiger partial charge in [0.25, 0.3) is 0 Å². The summed E-state index contributed by atoms with van der Waals surface area (Å²) in [6, 6.07) is 14.8. The highest BCUT2D eigenvalue weighted by molar-refractivity contribution is 7.99. The molecule has 9 heteroatoms. The summed E-state index contributed by atoms with van der Waals surface area (Å²) in [5.41, 5.74) is 2.38. The van der Waals surface area contributed by atoms with E-state index in [9.17, 15) is 9.00 Å². The second-order valence-electron chi connectivity index (χ2n) is 8.93. The number of carbonyl (C=O) groups excluding carboxylic acids is 1. The number of amides is 1. The maximum Gasteiger partial charge on any atom is 0.216 e. The van der Waals surface area contributed by atoms with Crippen LogP contribution in [0.4, 0.5) is 11.4 Å². The molecule has 2 aliphatic heterocycles. The molecule has 34 heavy (non-hydrogen) atoms. The summed E-state index contributed by atoms with van der Waals surface area (Å²) in [6.45, 7) is 9.42. The quantitative estimate of drug-likeness (QED) is 0.570. The summed E-state index contributed by atoms with van der Waals surface area (Å²) in [7, 11) is 2.53. The Morgan fingerprint density at radius 3 is 2.35 bits per heavy atom. The predicted octanol–water partition coefficient (Wildman–Crippen LogP) is 3.02. The van der Waals surface area contributed by atoms with Crippen LogP contribution >= 0.6 is 11.8 Å². The molecule has 1 fully saturated rings. The van der Waals surface area contributed by atoms with Gasteiger partial charge in [0.05, 0.1) is 16.3 Å². The normalized spacial score (nSPS) is 17.4. The van der Waals surface area contributed by atoms with Gasteiger partial charge in [0.15, 0.2) is 0 Å². The molecular formula is C25H35N5O2S2. The van der Waals surface area contributed by atoms with Gasteiger partial charge in [0, 0.05) is 62.5 Å². The Labute approximate surface area is 210 Å². The zero-order valence-electron chi connectivity index (χ0n) is 20.3. The standard InChI is InChI=1S/C25H35N5O2S2/c1-20(31)26-11-14-29-17-15-28(16-18-29)12-6-13-30-22-7-4-5-8-24(22)33-25-10-9-21(19-23(25)30)34(32)27(2)3/h4-5,7-10,19H,6,11-18H2,1-3H3,(H,26,31). The number of piperazine rings is 1. The molecule has 1 N–H and O–H groups in total. The van der Waals surface area contributed by atoms with Gasteiger partial charge in [-0.3, -0.25) is 9.69 Å². The molecular weight excluding hydrogens is 466 g/mol. The van der Waals surface area contributed by atoms with Crippen molar-refractivity contribution in [1.82, 2.24) is 19.4 Å². The molecule has 0 saturated carbocycles. The minimum absolute atomic E-state index is 0.0398. The lowest BCUT2D eigenvalue weighted by Gasteiger charge is -2.36. The first-order valence-electron chi connectivity index (χ1n) is 11.9. The maximum atomic E-state index is 12.7. The topological polar surface area (TPSA) is 59.1 Å². The molecule has 184 valence electrons. The lowest BCUT2D eigenvalue weighted by molar-refractivity contribution is -0.119. The van der Waals surface area contributed by atoms with Crippen LogP contribution in [0.5, 0.6) is 0 Å². The number of para-hydroxylation sites is 1. The molecule has 2 aliphatic rings. The van der Waals surface area contributed by atoms with E-state index in [-0.39, 0.29) is 5.91 Å². The van der Waals surface area contributed by atoms with E-state index in [2.05, 4.69) is 56.4 Å². The van der Waals surface area contributed by atoms with Gasteiger partial charge < -0.3 is 15.1 Å². The van der Waals surface area contributed by atoms with Crippen LogP contribution in [-0.4, -0.2) is 90.7 Å². The van der Waals surface area contributed by atoms with E-state index < -0.39 is 11.0 Å². The van der Waals surface area contributed by atoms with Gasteiger partial charge in [-0.05, 0) is 57.4 Å². The van der Waals surface area contributed by atoms with Crippen molar-refractivity contribution in [2.45, 2.75) is 28.0 Å². The number of fused-ring (bicyclic) bond motifs is 2. The van der Waals surface area contributed by atoms with Crippen molar-refractivity contribution >= 4 is 40.0 Å². The van der Waals surface area contributed by atoms with Crippen LogP contribution in [0.1, 0.15) is 13.3 Å². The summed E-state index contributed by atoms with van der Waals surface area (Å²) in [4.78, 5) is 21.7. The second kappa shape index (κ2) is 11.7. The predicted molar refractivity (Wildman–Crippen MR) is 140 cm³/mol. The minimum Gasteiger partial charge on any atom is -0.355 e. The summed E-state index contributed by atoms with van der Waals surface area (Å²) in [5, 5.41) is 2.88. The van der Waals surface area contributed by atoms with Gasteiger partial charge in [0.2, 0.25) is 5.91 Å². The van der Waals surface area contributed by atoms with Crippen molar-refractivity contribution < 1.29 is 9.00 Å². The van der Waals surface area contributed by atoms with Gasteiger partial charge >= 0.3 is 0 Å². The van der Waals surface area contributed by atoms with E-state index in [1.54, 1.807) is 23.0 Å².